The first kappa shape index (κ1) is 21.5. The van der Waals surface area contributed by atoms with Gasteiger partial charge < -0.3 is 4.90 Å². The van der Waals surface area contributed by atoms with Gasteiger partial charge in [0.05, 0.1) is 30.5 Å². The molecule has 1 aliphatic rings. The minimum atomic E-state index is -1.97. The summed E-state index contributed by atoms with van der Waals surface area (Å²) >= 11 is 0. The highest BCUT2D eigenvalue weighted by Gasteiger charge is 2.47. The molecule has 0 N–H and O–H groups in total. The molecule has 0 bridgehead atoms. The molecule has 0 heterocycles. The quantitative estimate of drug-likeness (QED) is 0.170. The Bertz CT molecular complexity index is 3190. The fraction of sp³-hybridized carbons (Fsp3) is 0.0196. The number of nitrogens with zero attached hydrogens (tertiary/aromatic N) is 1. The maximum Gasteiger partial charge on any atom is 0.0714 e. The van der Waals surface area contributed by atoms with Crippen LogP contribution in [0.2, 0.25) is 0 Å². The Hall–Kier alpha value is -6.70. The summed E-state index contributed by atoms with van der Waals surface area (Å²) in [7, 11) is 0. The first-order chi connectivity index (χ1) is 30.0. The first-order valence-electron chi connectivity index (χ1n) is 22.2. The van der Waals surface area contributed by atoms with Crippen molar-refractivity contribution in [3.05, 3.63) is 234 Å². The van der Waals surface area contributed by atoms with Gasteiger partial charge >= 0.3 is 0 Å². The largest absolute Gasteiger partial charge is 0.309 e. The van der Waals surface area contributed by atoms with Crippen LogP contribution in [0, 0.1) is 0 Å². The second-order valence-corrected chi connectivity index (χ2v) is 12.9. The van der Waals surface area contributed by atoms with Gasteiger partial charge in [-0.15, -0.1) is 0 Å². The third kappa shape index (κ3) is 4.56. The minimum Gasteiger partial charge on any atom is -0.309 e. The standard InChI is InChI=1S/C51H35N/c1-3-20-39(21-4-1)51(40-22-5-2-6-23-40)46-28-12-11-26-45(46)50-47(51)29-15-31-49(50)52(48-30-14-19-37-17-8-10-25-44(37)48)41-34-32-38(33-35-41)43-27-13-18-36-16-7-9-24-42(36)43/h1-35H/i1D,2D,3D,4D,5D,6D,20D,21D,22D,23D. The van der Waals surface area contributed by atoms with E-state index >= 15 is 0 Å². The Balaban J connectivity index is 1.33. The molecule has 0 aromatic heterocycles. The number of hydrogen-bond acceptors (Lipinski definition) is 1. The molecule has 0 atom stereocenters. The van der Waals surface area contributed by atoms with Crippen molar-refractivity contribution in [2.24, 2.45) is 0 Å². The fourth-order valence-corrected chi connectivity index (χ4v) is 8.11. The van der Waals surface area contributed by atoms with Gasteiger partial charge in [-0.05, 0) is 79.4 Å². The number of fused-ring (bicyclic) bond motifs is 5. The minimum absolute atomic E-state index is 0.207. The summed E-state index contributed by atoms with van der Waals surface area (Å²) in [6, 6.07) is 44.1. The van der Waals surface area contributed by atoms with E-state index in [0.717, 1.165) is 44.0 Å². The summed E-state index contributed by atoms with van der Waals surface area (Å²) in [4.78, 5) is 2.14. The lowest BCUT2D eigenvalue weighted by Gasteiger charge is -2.34. The molecule has 1 nitrogen and oxygen atoms in total. The number of rotatable bonds is 6. The number of benzene rings is 9. The van der Waals surface area contributed by atoms with Crippen molar-refractivity contribution in [1.29, 1.82) is 0 Å². The molecule has 0 aliphatic heterocycles. The van der Waals surface area contributed by atoms with Crippen molar-refractivity contribution in [1.82, 2.24) is 0 Å². The van der Waals surface area contributed by atoms with Gasteiger partial charge in [-0.25, -0.2) is 0 Å². The van der Waals surface area contributed by atoms with Crippen LogP contribution >= 0.6 is 0 Å². The molecule has 52 heavy (non-hydrogen) atoms. The van der Waals surface area contributed by atoms with E-state index in [1.165, 1.54) is 0 Å². The number of anilines is 3. The molecule has 0 saturated heterocycles. The second-order valence-electron chi connectivity index (χ2n) is 12.9. The molecule has 9 aromatic rings. The van der Waals surface area contributed by atoms with Crippen LogP contribution in [-0.2, 0) is 5.41 Å². The van der Waals surface area contributed by atoms with E-state index < -0.39 is 65.8 Å². The summed E-state index contributed by atoms with van der Waals surface area (Å²) in [6.45, 7) is 0. The monoisotopic (exact) mass is 671 g/mol. The van der Waals surface area contributed by atoms with E-state index in [9.17, 15) is 5.48 Å². The van der Waals surface area contributed by atoms with Crippen LogP contribution < -0.4 is 4.90 Å². The van der Waals surface area contributed by atoms with Gasteiger partial charge in [0.25, 0.3) is 0 Å². The van der Waals surface area contributed by atoms with Gasteiger partial charge in [-0.3, -0.25) is 0 Å². The van der Waals surface area contributed by atoms with Crippen molar-refractivity contribution in [2.45, 2.75) is 5.41 Å². The van der Waals surface area contributed by atoms with Crippen molar-refractivity contribution < 1.29 is 13.7 Å². The average Bonchev–Trinajstić information content (AvgIpc) is 3.60. The van der Waals surface area contributed by atoms with E-state index in [0.29, 0.717) is 27.9 Å². The predicted octanol–water partition coefficient (Wildman–Crippen LogP) is 13.5. The molecule has 0 spiro atoms. The summed E-state index contributed by atoms with van der Waals surface area (Å²) in [6.07, 6.45) is 0. The summed E-state index contributed by atoms with van der Waals surface area (Å²) in [5.41, 5.74) is 4.11. The molecule has 1 aliphatic carbocycles. The average molecular weight is 672 g/mol. The Labute approximate surface area is 318 Å². The predicted molar refractivity (Wildman–Crippen MR) is 219 cm³/mol. The van der Waals surface area contributed by atoms with Crippen LogP contribution in [0.4, 0.5) is 17.1 Å². The fourth-order valence-electron chi connectivity index (χ4n) is 8.11. The van der Waals surface area contributed by atoms with Crippen molar-refractivity contribution >= 4 is 38.6 Å². The van der Waals surface area contributed by atoms with E-state index in [1.807, 2.05) is 72.8 Å². The van der Waals surface area contributed by atoms with E-state index in [-0.39, 0.29) is 11.1 Å². The van der Waals surface area contributed by atoms with E-state index in [4.69, 9.17) is 8.22 Å². The van der Waals surface area contributed by atoms with Crippen LogP contribution in [0.5, 0.6) is 0 Å². The van der Waals surface area contributed by atoms with E-state index in [2.05, 4.69) is 65.6 Å². The molecule has 10 rings (SSSR count). The van der Waals surface area contributed by atoms with Crippen molar-refractivity contribution in [2.75, 3.05) is 4.90 Å². The highest BCUT2D eigenvalue weighted by molar-refractivity contribution is 6.04. The molecule has 1 heteroatoms. The Morgan fingerprint density at radius 3 is 1.65 bits per heavy atom. The summed E-state index contributed by atoms with van der Waals surface area (Å²) in [5.74, 6) is 0. The Morgan fingerprint density at radius 2 is 0.923 bits per heavy atom. The van der Waals surface area contributed by atoms with Crippen molar-refractivity contribution in [3.8, 4) is 22.3 Å². The first-order valence-corrected chi connectivity index (χ1v) is 17.2. The van der Waals surface area contributed by atoms with Gasteiger partial charge in [0.1, 0.15) is 0 Å². The normalized spacial score (nSPS) is 15.5. The van der Waals surface area contributed by atoms with Gasteiger partial charge in [0, 0.05) is 16.6 Å². The van der Waals surface area contributed by atoms with Crippen LogP contribution in [0.15, 0.2) is 212 Å². The molecule has 0 radical (unpaired) electrons. The third-order valence-electron chi connectivity index (χ3n) is 10.3. The molecule has 0 saturated carbocycles. The molecule has 0 fully saturated rings. The molecule has 9 aromatic carbocycles. The molecular weight excluding hydrogens is 627 g/mol. The zero-order chi connectivity index (χ0) is 43.2. The molecule has 0 amide bonds. The van der Waals surface area contributed by atoms with Gasteiger partial charge in [0.2, 0.25) is 0 Å². The second kappa shape index (κ2) is 12.3. The van der Waals surface area contributed by atoms with Crippen LogP contribution in [0.1, 0.15) is 36.0 Å². The highest BCUT2D eigenvalue weighted by atomic mass is 15.1. The molecular formula is C51H35N. The lowest BCUT2D eigenvalue weighted by Crippen LogP contribution is -2.28. The lowest BCUT2D eigenvalue weighted by atomic mass is 9.68. The summed E-state index contributed by atoms with van der Waals surface area (Å²) in [5, 5.41) is 4.22. The van der Waals surface area contributed by atoms with Crippen LogP contribution in [0.3, 0.4) is 0 Å². The van der Waals surface area contributed by atoms with Crippen molar-refractivity contribution in [3.63, 3.8) is 0 Å². The molecule has 0 unspecified atom stereocenters. The van der Waals surface area contributed by atoms with E-state index in [1.54, 1.807) is 18.2 Å². The highest BCUT2D eigenvalue weighted by Crippen LogP contribution is 2.59. The maximum atomic E-state index is 9.45. The van der Waals surface area contributed by atoms with Gasteiger partial charge in [0.15, 0.2) is 0 Å². The SMILES string of the molecule is [2H]c1c([2H])c([2H])c(C2(c3c([2H])c([2H])c([2H])c([2H])c3[2H])c3ccccc3-c3c(N(c4ccc(-c5cccc6ccccc56)cc4)c4cccc5ccccc45)cccc32)c([2H])c1[2H]. The lowest BCUT2D eigenvalue weighted by molar-refractivity contribution is 0.768. The van der Waals surface area contributed by atoms with Gasteiger partial charge in [-0.2, -0.15) is 0 Å². The smallest absolute Gasteiger partial charge is 0.0714 e. The molecule has 244 valence electrons. The van der Waals surface area contributed by atoms with Crippen LogP contribution in [0.25, 0.3) is 43.8 Å². The van der Waals surface area contributed by atoms with Gasteiger partial charge in [-0.1, -0.05) is 188 Å². The van der Waals surface area contributed by atoms with Crippen LogP contribution in [-0.4, -0.2) is 0 Å². The topological polar surface area (TPSA) is 3.24 Å². The summed E-state index contributed by atoms with van der Waals surface area (Å²) < 4.78 is 90.3. The third-order valence-corrected chi connectivity index (χ3v) is 10.3. The zero-order valence-corrected chi connectivity index (χ0v) is 27.9. The Morgan fingerprint density at radius 1 is 0.404 bits per heavy atom. The zero-order valence-electron chi connectivity index (χ0n) is 37.9. The maximum absolute atomic E-state index is 9.45. The number of hydrogen-bond donors (Lipinski definition) is 0. The Kier molecular flexibility index (Phi) is 5.07.